The highest BCUT2D eigenvalue weighted by atomic mass is 79.9. The molecule has 1 aromatic carbocycles. The van der Waals surface area contributed by atoms with E-state index in [1.165, 1.54) is 6.20 Å². The zero-order chi connectivity index (χ0) is 13.3. The molecule has 0 saturated carbocycles. The minimum absolute atomic E-state index is 0.287. The number of alkyl halides is 4. The van der Waals surface area contributed by atoms with E-state index in [0.717, 1.165) is 10.7 Å². The Morgan fingerprint density at radius 3 is 2.56 bits per heavy atom. The summed E-state index contributed by atoms with van der Waals surface area (Å²) in [5.41, 5.74) is -0.730. The first-order valence-corrected chi connectivity index (χ1v) is 5.88. The van der Waals surface area contributed by atoms with Crippen molar-refractivity contribution in [3.8, 4) is 5.69 Å². The molecule has 1 aromatic heterocycles. The summed E-state index contributed by atoms with van der Waals surface area (Å²) in [5.74, 6) is -0.797. The lowest BCUT2D eigenvalue weighted by atomic mass is 10.2. The predicted octanol–water partition coefficient (Wildman–Crippen LogP) is 3.32. The van der Waals surface area contributed by atoms with Crippen LogP contribution in [0.3, 0.4) is 0 Å². The molecule has 18 heavy (non-hydrogen) atoms. The van der Waals surface area contributed by atoms with Crippen molar-refractivity contribution in [1.29, 1.82) is 0 Å². The molecule has 1 heterocycles. The summed E-state index contributed by atoms with van der Waals surface area (Å²) in [6.45, 7) is 0. The van der Waals surface area contributed by atoms with E-state index in [-0.39, 0.29) is 5.69 Å². The van der Waals surface area contributed by atoms with Crippen LogP contribution in [0.2, 0.25) is 0 Å². The minimum atomic E-state index is -4.53. The maximum Gasteiger partial charge on any atom is 0.416 e. The fourth-order valence-corrected chi connectivity index (χ4v) is 1.60. The first-order valence-electron chi connectivity index (χ1n) is 4.76. The zero-order valence-corrected chi connectivity index (χ0v) is 10.3. The minimum Gasteiger partial charge on any atom is -0.217 e. The Hall–Kier alpha value is -1.44. The van der Waals surface area contributed by atoms with Crippen LogP contribution >= 0.6 is 15.9 Å². The van der Waals surface area contributed by atoms with Gasteiger partial charge in [0.1, 0.15) is 11.5 Å². The van der Waals surface area contributed by atoms with E-state index < -0.39 is 17.6 Å². The number of hydrogen-bond acceptors (Lipinski definition) is 2. The molecule has 0 saturated heterocycles. The molecule has 96 valence electrons. The number of hydrogen-bond donors (Lipinski definition) is 0. The fourth-order valence-electron chi connectivity index (χ4n) is 1.34. The molecule has 2 rings (SSSR count). The molecule has 0 fully saturated rings. The maximum absolute atomic E-state index is 13.5. The molecular formula is C10H6BrF4N3. The monoisotopic (exact) mass is 323 g/mol. The van der Waals surface area contributed by atoms with Gasteiger partial charge in [0.2, 0.25) is 0 Å². The summed E-state index contributed by atoms with van der Waals surface area (Å²) in [6.07, 6.45) is -3.17. The van der Waals surface area contributed by atoms with Gasteiger partial charge >= 0.3 is 6.18 Å². The number of halogens is 5. The Balaban J connectivity index is 2.49. The van der Waals surface area contributed by atoms with Crippen molar-refractivity contribution in [3.05, 3.63) is 41.5 Å². The van der Waals surface area contributed by atoms with E-state index in [9.17, 15) is 17.6 Å². The van der Waals surface area contributed by atoms with E-state index >= 15 is 0 Å². The molecule has 0 atom stereocenters. The molecule has 0 unspecified atom stereocenters. The smallest absolute Gasteiger partial charge is 0.217 e. The number of benzene rings is 1. The first-order chi connectivity index (χ1) is 8.41. The second-order valence-electron chi connectivity index (χ2n) is 3.45. The van der Waals surface area contributed by atoms with Gasteiger partial charge < -0.3 is 0 Å². The maximum atomic E-state index is 13.5. The van der Waals surface area contributed by atoms with E-state index in [0.29, 0.717) is 23.2 Å². The number of aromatic nitrogens is 3. The van der Waals surface area contributed by atoms with E-state index in [4.69, 9.17) is 0 Å². The molecule has 0 aliphatic heterocycles. The van der Waals surface area contributed by atoms with Gasteiger partial charge in [-0.2, -0.15) is 13.2 Å². The summed E-state index contributed by atoms with van der Waals surface area (Å²) in [4.78, 5) is 0. The van der Waals surface area contributed by atoms with Gasteiger partial charge in [0.05, 0.1) is 17.5 Å². The van der Waals surface area contributed by atoms with E-state index in [1.54, 1.807) is 0 Å². The highest BCUT2D eigenvalue weighted by Gasteiger charge is 2.31. The SMILES string of the molecule is Fc1ccc(C(F)(F)F)cc1-n1cc(CBr)nn1. The van der Waals surface area contributed by atoms with Gasteiger partial charge in [0, 0.05) is 5.33 Å². The number of nitrogens with zero attached hydrogens (tertiary/aromatic N) is 3. The third-order valence-electron chi connectivity index (χ3n) is 2.20. The molecule has 0 aliphatic carbocycles. The Kier molecular flexibility index (Phi) is 3.38. The molecule has 0 bridgehead atoms. The van der Waals surface area contributed by atoms with Crippen molar-refractivity contribution >= 4 is 15.9 Å². The molecule has 0 amide bonds. The molecule has 2 aromatic rings. The third kappa shape index (κ3) is 2.53. The van der Waals surface area contributed by atoms with Crippen LogP contribution in [0.1, 0.15) is 11.3 Å². The topological polar surface area (TPSA) is 30.7 Å². The lowest BCUT2D eigenvalue weighted by molar-refractivity contribution is -0.137. The van der Waals surface area contributed by atoms with Crippen molar-refractivity contribution in [2.45, 2.75) is 11.5 Å². The van der Waals surface area contributed by atoms with Gasteiger partial charge in [-0.15, -0.1) is 5.10 Å². The fraction of sp³-hybridized carbons (Fsp3) is 0.200. The molecule has 0 aliphatic rings. The van der Waals surface area contributed by atoms with Crippen molar-refractivity contribution < 1.29 is 17.6 Å². The summed E-state index contributed by atoms with van der Waals surface area (Å²) in [7, 11) is 0. The van der Waals surface area contributed by atoms with E-state index in [1.807, 2.05) is 0 Å². The number of rotatable bonds is 2. The summed E-state index contributed by atoms with van der Waals surface area (Å²) < 4.78 is 52.0. The quantitative estimate of drug-likeness (QED) is 0.627. The van der Waals surface area contributed by atoms with Crippen LogP contribution in [0.5, 0.6) is 0 Å². The Labute approximate surface area is 108 Å². The molecule has 0 radical (unpaired) electrons. The second-order valence-corrected chi connectivity index (χ2v) is 4.01. The van der Waals surface area contributed by atoms with Crippen LogP contribution in [0.25, 0.3) is 5.69 Å². The van der Waals surface area contributed by atoms with Crippen molar-refractivity contribution in [1.82, 2.24) is 15.0 Å². The van der Waals surface area contributed by atoms with Gasteiger partial charge in [-0.25, -0.2) is 9.07 Å². The van der Waals surface area contributed by atoms with Gasteiger partial charge in [-0.05, 0) is 18.2 Å². The van der Waals surface area contributed by atoms with Gasteiger partial charge in [-0.3, -0.25) is 0 Å². The predicted molar refractivity (Wildman–Crippen MR) is 59.0 cm³/mol. The molecular weight excluding hydrogens is 318 g/mol. The van der Waals surface area contributed by atoms with Crippen LogP contribution in [0, 0.1) is 5.82 Å². The lowest BCUT2D eigenvalue weighted by Gasteiger charge is -2.09. The lowest BCUT2D eigenvalue weighted by Crippen LogP contribution is -2.08. The largest absolute Gasteiger partial charge is 0.416 e. The average Bonchev–Trinajstić information content (AvgIpc) is 2.76. The summed E-state index contributed by atoms with van der Waals surface area (Å²) >= 11 is 3.12. The van der Waals surface area contributed by atoms with Gasteiger partial charge in [0.25, 0.3) is 0 Å². The summed E-state index contributed by atoms with van der Waals surface area (Å²) in [6, 6.07) is 2.14. The van der Waals surface area contributed by atoms with Crippen LogP contribution < -0.4 is 0 Å². The van der Waals surface area contributed by atoms with Gasteiger partial charge in [-0.1, -0.05) is 21.1 Å². The van der Waals surface area contributed by atoms with Crippen LogP contribution in [-0.4, -0.2) is 15.0 Å². The normalized spacial score (nSPS) is 11.8. The Morgan fingerprint density at radius 1 is 1.28 bits per heavy atom. The molecule has 0 N–H and O–H groups in total. The van der Waals surface area contributed by atoms with Crippen LogP contribution in [0.15, 0.2) is 24.4 Å². The van der Waals surface area contributed by atoms with Crippen LogP contribution in [0.4, 0.5) is 17.6 Å². The second kappa shape index (κ2) is 4.68. The molecule has 3 nitrogen and oxygen atoms in total. The molecule has 8 heteroatoms. The van der Waals surface area contributed by atoms with Crippen molar-refractivity contribution in [2.75, 3.05) is 0 Å². The van der Waals surface area contributed by atoms with Gasteiger partial charge in [0.15, 0.2) is 0 Å². The third-order valence-corrected chi connectivity index (χ3v) is 2.77. The van der Waals surface area contributed by atoms with E-state index in [2.05, 4.69) is 26.2 Å². The summed E-state index contributed by atoms with van der Waals surface area (Å²) in [5, 5.41) is 7.62. The standard InChI is InChI=1S/C10H6BrF4N3/c11-4-7-5-18(17-16-7)9-3-6(10(13,14)15)1-2-8(9)12/h1-3,5H,4H2. The Bertz CT molecular complexity index is 564. The zero-order valence-electron chi connectivity index (χ0n) is 8.75. The highest BCUT2D eigenvalue weighted by molar-refractivity contribution is 9.08. The van der Waals surface area contributed by atoms with Crippen LogP contribution in [-0.2, 0) is 11.5 Å². The average molecular weight is 324 g/mol. The van der Waals surface area contributed by atoms with Crippen molar-refractivity contribution in [3.63, 3.8) is 0 Å². The Morgan fingerprint density at radius 2 is 2.00 bits per heavy atom. The highest BCUT2D eigenvalue weighted by Crippen LogP contribution is 2.31. The first kappa shape index (κ1) is 13.0. The molecule has 0 spiro atoms. The van der Waals surface area contributed by atoms with Crippen molar-refractivity contribution in [2.24, 2.45) is 0 Å².